The number of carbonyl (C=O) groups is 3. The summed E-state index contributed by atoms with van der Waals surface area (Å²) >= 11 is 0. The predicted molar refractivity (Wildman–Crippen MR) is 99.1 cm³/mol. The van der Waals surface area contributed by atoms with Gasteiger partial charge < -0.3 is 4.90 Å². The van der Waals surface area contributed by atoms with E-state index in [-0.39, 0.29) is 11.5 Å². The zero-order valence-corrected chi connectivity index (χ0v) is 14.4. The molecule has 1 fully saturated rings. The summed E-state index contributed by atoms with van der Waals surface area (Å²) in [5.74, 6) is -1.85. The van der Waals surface area contributed by atoms with E-state index >= 15 is 0 Å². The van der Waals surface area contributed by atoms with Gasteiger partial charge in [0.2, 0.25) is 5.91 Å². The van der Waals surface area contributed by atoms with Crippen molar-refractivity contribution in [1.82, 2.24) is 10.9 Å². The highest BCUT2D eigenvalue weighted by atomic mass is 19.1. The van der Waals surface area contributed by atoms with Crippen LogP contribution in [-0.2, 0) is 9.59 Å². The molecular formula is C20H18FN3O3. The molecule has 1 aliphatic rings. The highest BCUT2D eigenvalue weighted by Gasteiger charge is 2.21. The van der Waals surface area contributed by atoms with Gasteiger partial charge >= 0.3 is 0 Å². The summed E-state index contributed by atoms with van der Waals surface area (Å²) in [5, 5.41) is 0. The number of rotatable bonds is 4. The molecule has 0 bridgehead atoms. The highest BCUT2D eigenvalue weighted by molar-refractivity contribution is 5.98. The number of hydrogen-bond acceptors (Lipinski definition) is 3. The number of hydrogen-bond donors (Lipinski definition) is 2. The van der Waals surface area contributed by atoms with Gasteiger partial charge in [-0.3, -0.25) is 25.2 Å². The second-order valence-electron chi connectivity index (χ2n) is 6.00. The first-order valence-electron chi connectivity index (χ1n) is 8.48. The van der Waals surface area contributed by atoms with Crippen LogP contribution in [-0.4, -0.2) is 24.3 Å². The lowest BCUT2D eigenvalue weighted by Crippen LogP contribution is -2.41. The molecule has 138 valence electrons. The van der Waals surface area contributed by atoms with Crippen LogP contribution in [0.3, 0.4) is 0 Å². The molecule has 6 nitrogen and oxygen atoms in total. The van der Waals surface area contributed by atoms with Gasteiger partial charge in [0, 0.05) is 24.7 Å². The van der Waals surface area contributed by atoms with Crippen LogP contribution in [0.2, 0.25) is 0 Å². The smallest absolute Gasteiger partial charge is 0.272 e. The Morgan fingerprint density at radius 3 is 2.44 bits per heavy atom. The summed E-state index contributed by atoms with van der Waals surface area (Å²) in [6.45, 7) is 0.720. The molecule has 0 atom stereocenters. The normalized spacial score (nSPS) is 13.8. The number of halogens is 1. The number of anilines is 1. The Morgan fingerprint density at radius 2 is 1.78 bits per heavy atom. The zero-order chi connectivity index (χ0) is 19.2. The van der Waals surface area contributed by atoms with E-state index in [9.17, 15) is 18.8 Å². The number of hydrazine groups is 1. The zero-order valence-electron chi connectivity index (χ0n) is 14.4. The minimum absolute atomic E-state index is 0.114. The quantitative estimate of drug-likeness (QED) is 0.644. The average molecular weight is 367 g/mol. The maximum Gasteiger partial charge on any atom is 0.272 e. The minimum Gasteiger partial charge on any atom is -0.312 e. The van der Waals surface area contributed by atoms with Crippen LogP contribution < -0.4 is 15.8 Å². The lowest BCUT2D eigenvalue weighted by molar-refractivity contribution is -0.117. The van der Waals surface area contributed by atoms with Crippen LogP contribution in [0.25, 0.3) is 6.08 Å². The first-order chi connectivity index (χ1) is 13.0. The Morgan fingerprint density at radius 1 is 1.04 bits per heavy atom. The third-order valence-electron chi connectivity index (χ3n) is 4.12. The van der Waals surface area contributed by atoms with Crippen molar-refractivity contribution in [2.24, 2.45) is 0 Å². The second-order valence-corrected chi connectivity index (χ2v) is 6.00. The van der Waals surface area contributed by atoms with E-state index in [1.807, 2.05) is 12.1 Å². The van der Waals surface area contributed by atoms with E-state index in [1.54, 1.807) is 23.1 Å². The Bertz CT molecular complexity index is 894. The van der Waals surface area contributed by atoms with Crippen molar-refractivity contribution in [2.45, 2.75) is 12.8 Å². The van der Waals surface area contributed by atoms with Crippen LogP contribution in [0.4, 0.5) is 10.1 Å². The standard InChI is InChI=1S/C20H18FN3O3/c21-17-5-2-1-4-16(17)20(27)23-22-18(25)12-9-14-7-10-15(11-8-14)24-13-3-6-19(24)26/h1-2,4-5,7-12H,3,6,13H2,(H,22,25)(H,23,27)/b12-9+. The number of nitrogens with one attached hydrogen (secondary N) is 2. The fraction of sp³-hybridized carbons (Fsp3) is 0.150. The van der Waals surface area contributed by atoms with E-state index in [1.165, 1.54) is 24.3 Å². The van der Waals surface area contributed by atoms with E-state index in [0.717, 1.165) is 30.3 Å². The summed E-state index contributed by atoms with van der Waals surface area (Å²) in [5.41, 5.74) is 5.78. The lowest BCUT2D eigenvalue weighted by atomic mass is 10.2. The molecule has 0 saturated carbocycles. The fourth-order valence-corrected chi connectivity index (χ4v) is 2.73. The van der Waals surface area contributed by atoms with E-state index in [0.29, 0.717) is 6.42 Å². The predicted octanol–water partition coefficient (Wildman–Crippen LogP) is 2.43. The Kier molecular flexibility index (Phi) is 5.61. The Balaban J connectivity index is 1.53. The van der Waals surface area contributed by atoms with Gasteiger partial charge in [0.05, 0.1) is 5.56 Å². The molecule has 1 heterocycles. The molecule has 2 N–H and O–H groups in total. The van der Waals surface area contributed by atoms with Crippen molar-refractivity contribution in [3.05, 3.63) is 71.6 Å². The van der Waals surface area contributed by atoms with Gasteiger partial charge in [-0.25, -0.2) is 4.39 Å². The third-order valence-corrected chi connectivity index (χ3v) is 4.12. The van der Waals surface area contributed by atoms with Crippen LogP contribution >= 0.6 is 0 Å². The van der Waals surface area contributed by atoms with Gasteiger partial charge in [-0.2, -0.15) is 0 Å². The fourth-order valence-electron chi connectivity index (χ4n) is 2.73. The summed E-state index contributed by atoms with van der Waals surface area (Å²) < 4.78 is 13.5. The van der Waals surface area contributed by atoms with E-state index in [2.05, 4.69) is 10.9 Å². The SMILES string of the molecule is O=C(/C=C/c1ccc(N2CCCC2=O)cc1)NNC(=O)c1ccccc1F. The summed E-state index contributed by atoms with van der Waals surface area (Å²) in [7, 11) is 0. The molecule has 0 aromatic heterocycles. The third kappa shape index (κ3) is 4.58. The molecule has 2 aromatic rings. The first kappa shape index (κ1) is 18.3. The molecule has 0 aliphatic carbocycles. The van der Waals surface area contributed by atoms with E-state index < -0.39 is 17.6 Å². The van der Waals surface area contributed by atoms with Crippen LogP contribution in [0.1, 0.15) is 28.8 Å². The van der Waals surface area contributed by atoms with Crippen LogP contribution in [0, 0.1) is 5.82 Å². The average Bonchev–Trinajstić information content (AvgIpc) is 3.11. The van der Waals surface area contributed by atoms with Crippen molar-refractivity contribution in [3.8, 4) is 0 Å². The number of amides is 3. The van der Waals surface area contributed by atoms with Crippen molar-refractivity contribution in [2.75, 3.05) is 11.4 Å². The van der Waals surface area contributed by atoms with Gasteiger partial charge in [-0.05, 0) is 42.3 Å². The molecule has 3 amide bonds. The first-order valence-corrected chi connectivity index (χ1v) is 8.48. The van der Waals surface area contributed by atoms with Crippen LogP contribution in [0.5, 0.6) is 0 Å². The van der Waals surface area contributed by atoms with Gasteiger partial charge in [-0.1, -0.05) is 24.3 Å². The topological polar surface area (TPSA) is 78.5 Å². The Labute approximate surface area is 155 Å². The summed E-state index contributed by atoms with van der Waals surface area (Å²) in [6, 6.07) is 12.7. The van der Waals surface area contributed by atoms with Gasteiger partial charge in [0.15, 0.2) is 0 Å². The summed E-state index contributed by atoms with van der Waals surface area (Å²) in [4.78, 5) is 37.1. The van der Waals surface area contributed by atoms with E-state index in [4.69, 9.17) is 0 Å². The molecule has 27 heavy (non-hydrogen) atoms. The summed E-state index contributed by atoms with van der Waals surface area (Å²) in [6.07, 6.45) is 4.25. The maximum atomic E-state index is 13.5. The number of nitrogens with zero attached hydrogens (tertiary/aromatic N) is 1. The van der Waals surface area contributed by atoms with Crippen molar-refractivity contribution >= 4 is 29.5 Å². The van der Waals surface area contributed by atoms with Gasteiger partial charge in [0.1, 0.15) is 5.82 Å². The van der Waals surface area contributed by atoms with Crippen molar-refractivity contribution in [3.63, 3.8) is 0 Å². The Hall–Kier alpha value is -3.48. The molecular weight excluding hydrogens is 349 g/mol. The molecule has 0 unspecified atom stereocenters. The monoisotopic (exact) mass is 367 g/mol. The molecule has 3 rings (SSSR count). The largest absolute Gasteiger partial charge is 0.312 e. The van der Waals surface area contributed by atoms with Crippen molar-refractivity contribution < 1.29 is 18.8 Å². The molecule has 0 radical (unpaired) electrons. The number of benzene rings is 2. The molecule has 7 heteroatoms. The maximum absolute atomic E-state index is 13.5. The molecule has 1 saturated heterocycles. The highest BCUT2D eigenvalue weighted by Crippen LogP contribution is 2.21. The van der Waals surface area contributed by atoms with Gasteiger partial charge in [-0.15, -0.1) is 0 Å². The van der Waals surface area contributed by atoms with Crippen LogP contribution in [0.15, 0.2) is 54.6 Å². The molecule has 2 aromatic carbocycles. The molecule has 1 aliphatic heterocycles. The number of carbonyl (C=O) groups excluding carboxylic acids is 3. The minimum atomic E-state index is -0.741. The van der Waals surface area contributed by atoms with Gasteiger partial charge in [0.25, 0.3) is 11.8 Å². The van der Waals surface area contributed by atoms with Crippen molar-refractivity contribution in [1.29, 1.82) is 0 Å². The molecule has 0 spiro atoms. The second kappa shape index (κ2) is 8.27. The lowest BCUT2D eigenvalue weighted by Gasteiger charge is -2.15.